The average molecular weight is 424 g/mol. The maximum absolute atomic E-state index is 12.6. The molecule has 0 radical (unpaired) electrons. The number of aryl methyl sites for hydroxylation is 1. The van der Waals surface area contributed by atoms with Crippen LogP contribution in [0.5, 0.6) is 0 Å². The topological polar surface area (TPSA) is 99.9 Å². The van der Waals surface area contributed by atoms with Crippen LogP contribution in [0.25, 0.3) is 0 Å². The largest absolute Gasteiger partial charge is 0.481 e. The lowest BCUT2D eigenvalue weighted by Crippen LogP contribution is -2.40. The molecule has 164 valence electrons. The third-order valence-electron chi connectivity index (χ3n) is 6.30. The number of benzene rings is 1. The minimum atomic E-state index is -0.794. The molecule has 7 nitrogen and oxygen atoms in total. The van der Waals surface area contributed by atoms with Gasteiger partial charge in [-0.05, 0) is 61.6 Å². The number of nitrogens with one attached hydrogen (secondary N) is 1. The van der Waals surface area contributed by atoms with Crippen LogP contribution < -0.4 is 5.32 Å². The first-order valence-corrected chi connectivity index (χ1v) is 10.9. The van der Waals surface area contributed by atoms with Crippen LogP contribution in [0.4, 0.5) is 5.69 Å². The van der Waals surface area contributed by atoms with Crippen LogP contribution in [0.15, 0.2) is 40.8 Å². The lowest BCUT2D eigenvalue weighted by atomic mass is 9.96. The predicted molar refractivity (Wildman–Crippen MR) is 115 cm³/mol. The lowest BCUT2D eigenvalue weighted by molar-refractivity contribution is -0.143. The maximum Gasteiger partial charge on any atom is 0.306 e. The van der Waals surface area contributed by atoms with Crippen LogP contribution in [0.2, 0.25) is 0 Å². The Labute approximate surface area is 181 Å². The zero-order valence-electron chi connectivity index (χ0n) is 17.7. The van der Waals surface area contributed by atoms with Crippen molar-refractivity contribution in [2.45, 2.75) is 44.9 Å². The predicted octanol–water partition coefficient (Wildman–Crippen LogP) is 3.91. The molecular weight excluding hydrogens is 396 g/mol. The summed E-state index contributed by atoms with van der Waals surface area (Å²) in [6.07, 6.45) is 3.01. The number of hydrogen-bond acceptors (Lipinski definition) is 4. The molecule has 2 heterocycles. The van der Waals surface area contributed by atoms with Gasteiger partial charge in [0.25, 0.3) is 5.91 Å². The van der Waals surface area contributed by atoms with Gasteiger partial charge in [-0.15, -0.1) is 0 Å². The average Bonchev–Trinajstić information content (AvgIpc) is 3.31. The van der Waals surface area contributed by atoms with Crippen LogP contribution >= 0.6 is 0 Å². The Morgan fingerprint density at radius 2 is 1.77 bits per heavy atom. The first-order chi connectivity index (χ1) is 14.9. The fraction of sp³-hybridized carbons (Fsp3) is 0.458. The molecule has 4 rings (SSSR count). The Balaban J connectivity index is 1.24. The number of aliphatic carboxylic acids is 1. The van der Waals surface area contributed by atoms with E-state index in [4.69, 9.17) is 9.52 Å². The number of furan rings is 1. The van der Waals surface area contributed by atoms with Crippen molar-refractivity contribution in [3.05, 3.63) is 53.5 Å². The van der Waals surface area contributed by atoms with Crippen LogP contribution in [0.1, 0.15) is 60.4 Å². The number of carboxylic acids is 1. The Morgan fingerprint density at radius 1 is 1.10 bits per heavy atom. The van der Waals surface area contributed by atoms with Gasteiger partial charge >= 0.3 is 5.97 Å². The molecule has 2 aliphatic rings. The van der Waals surface area contributed by atoms with E-state index in [0.717, 1.165) is 11.5 Å². The molecule has 7 heteroatoms. The lowest BCUT2D eigenvalue weighted by Gasteiger charge is -2.30. The number of hydrogen-bond donors (Lipinski definition) is 2. The smallest absolute Gasteiger partial charge is 0.306 e. The van der Waals surface area contributed by atoms with Crippen molar-refractivity contribution in [3.8, 4) is 0 Å². The van der Waals surface area contributed by atoms with Gasteiger partial charge in [-0.25, -0.2) is 0 Å². The SMILES string of the molecule is C[C@@H]1C[C@@H]1c1ccc(CCC(=O)Nc2ccc(C(=O)N3CCC(C(=O)O)CC3)cc2)o1. The first-order valence-electron chi connectivity index (χ1n) is 10.9. The normalized spacial score (nSPS) is 21.0. The molecule has 2 aromatic rings. The summed E-state index contributed by atoms with van der Waals surface area (Å²) in [5.41, 5.74) is 1.17. The highest BCUT2D eigenvalue weighted by molar-refractivity contribution is 5.96. The summed E-state index contributed by atoms with van der Waals surface area (Å²) >= 11 is 0. The highest BCUT2D eigenvalue weighted by atomic mass is 16.4. The van der Waals surface area contributed by atoms with Crippen molar-refractivity contribution >= 4 is 23.5 Å². The molecule has 1 saturated carbocycles. The molecule has 31 heavy (non-hydrogen) atoms. The summed E-state index contributed by atoms with van der Waals surface area (Å²) in [6.45, 7) is 3.10. The molecule has 0 bridgehead atoms. The number of amides is 2. The molecule has 0 spiro atoms. The van der Waals surface area contributed by atoms with Crippen molar-refractivity contribution in [1.29, 1.82) is 0 Å². The fourth-order valence-corrected chi connectivity index (χ4v) is 4.12. The molecule has 1 aliphatic carbocycles. The summed E-state index contributed by atoms with van der Waals surface area (Å²) in [5.74, 6) is 1.70. The second-order valence-corrected chi connectivity index (χ2v) is 8.65. The Bertz CT molecular complexity index is 957. The highest BCUT2D eigenvalue weighted by Gasteiger charge is 2.36. The van der Waals surface area contributed by atoms with Gasteiger partial charge in [-0.3, -0.25) is 14.4 Å². The molecule has 1 aromatic heterocycles. The van der Waals surface area contributed by atoms with E-state index in [1.807, 2.05) is 12.1 Å². The van der Waals surface area contributed by atoms with Gasteiger partial charge in [0.05, 0.1) is 5.92 Å². The molecule has 1 aromatic carbocycles. The van der Waals surface area contributed by atoms with Crippen molar-refractivity contribution in [3.63, 3.8) is 0 Å². The number of carbonyl (C=O) groups excluding carboxylic acids is 2. The number of piperidine rings is 1. The molecule has 2 fully saturated rings. The van der Waals surface area contributed by atoms with Crippen molar-refractivity contribution in [2.75, 3.05) is 18.4 Å². The van der Waals surface area contributed by atoms with E-state index < -0.39 is 5.97 Å². The van der Waals surface area contributed by atoms with Crippen LogP contribution in [-0.4, -0.2) is 40.9 Å². The third-order valence-corrected chi connectivity index (χ3v) is 6.30. The van der Waals surface area contributed by atoms with Crippen molar-refractivity contribution in [1.82, 2.24) is 4.90 Å². The summed E-state index contributed by atoms with van der Waals surface area (Å²) in [6, 6.07) is 10.8. The Kier molecular flexibility index (Phi) is 6.11. The van der Waals surface area contributed by atoms with Gasteiger partial charge in [0.2, 0.25) is 5.91 Å². The summed E-state index contributed by atoms with van der Waals surface area (Å²) < 4.78 is 5.84. The molecule has 2 N–H and O–H groups in total. The van der Waals surface area contributed by atoms with E-state index in [1.54, 1.807) is 29.2 Å². The minimum Gasteiger partial charge on any atom is -0.481 e. The summed E-state index contributed by atoms with van der Waals surface area (Å²) in [4.78, 5) is 37.6. The second-order valence-electron chi connectivity index (χ2n) is 8.65. The van der Waals surface area contributed by atoms with Gasteiger partial charge in [0.1, 0.15) is 11.5 Å². The number of rotatable bonds is 7. The number of likely N-dealkylation sites (tertiary alicyclic amines) is 1. The molecule has 1 saturated heterocycles. The Morgan fingerprint density at radius 3 is 2.39 bits per heavy atom. The van der Waals surface area contributed by atoms with Crippen LogP contribution in [0, 0.1) is 11.8 Å². The summed E-state index contributed by atoms with van der Waals surface area (Å²) in [7, 11) is 0. The number of carboxylic acid groups (broad SMARTS) is 1. The number of carbonyl (C=O) groups is 3. The highest BCUT2D eigenvalue weighted by Crippen LogP contribution is 2.47. The zero-order valence-corrected chi connectivity index (χ0v) is 17.7. The third kappa shape index (κ3) is 5.16. The monoisotopic (exact) mass is 424 g/mol. The van der Waals surface area contributed by atoms with Gasteiger partial charge < -0.3 is 19.7 Å². The van der Waals surface area contributed by atoms with Crippen molar-refractivity contribution in [2.24, 2.45) is 11.8 Å². The van der Waals surface area contributed by atoms with E-state index in [-0.39, 0.29) is 17.7 Å². The molecule has 2 amide bonds. The maximum atomic E-state index is 12.6. The molecular formula is C24H28N2O5. The number of anilines is 1. The fourth-order valence-electron chi connectivity index (χ4n) is 4.12. The number of nitrogens with zero attached hydrogens (tertiary/aromatic N) is 1. The molecule has 2 atom stereocenters. The second kappa shape index (κ2) is 8.96. The summed E-state index contributed by atoms with van der Waals surface area (Å²) in [5, 5.41) is 11.9. The molecule has 0 unspecified atom stereocenters. The van der Waals surface area contributed by atoms with E-state index >= 15 is 0 Å². The zero-order chi connectivity index (χ0) is 22.0. The van der Waals surface area contributed by atoms with Gasteiger partial charge in [0, 0.05) is 43.1 Å². The Hall–Kier alpha value is -3.09. The quantitative estimate of drug-likeness (QED) is 0.702. The van der Waals surface area contributed by atoms with E-state index in [9.17, 15) is 14.4 Å². The van der Waals surface area contributed by atoms with Crippen molar-refractivity contribution < 1.29 is 23.9 Å². The standard InChI is InChI=1S/C24H28N2O5/c1-15-14-20(15)21-8-6-19(31-21)7-9-22(27)25-18-4-2-16(3-5-18)23(28)26-12-10-17(11-13-26)24(29)30/h2-6,8,15,17,20H,7,9-14H2,1H3,(H,25,27)(H,29,30)/t15-,20+/m1/s1. The minimum absolute atomic E-state index is 0.104. The van der Waals surface area contributed by atoms with E-state index in [0.29, 0.717) is 61.9 Å². The van der Waals surface area contributed by atoms with E-state index in [2.05, 4.69) is 12.2 Å². The van der Waals surface area contributed by atoms with Gasteiger partial charge in [0.15, 0.2) is 0 Å². The van der Waals surface area contributed by atoms with E-state index in [1.165, 1.54) is 6.42 Å². The van der Waals surface area contributed by atoms with Crippen LogP contribution in [-0.2, 0) is 16.0 Å². The van der Waals surface area contributed by atoms with Gasteiger partial charge in [-0.2, -0.15) is 0 Å². The van der Waals surface area contributed by atoms with Crippen LogP contribution in [0.3, 0.4) is 0 Å². The molecule has 1 aliphatic heterocycles. The van der Waals surface area contributed by atoms with Gasteiger partial charge in [-0.1, -0.05) is 6.92 Å². The first kappa shape index (κ1) is 21.2.